The third kappa shape index (κ3) is 409. The van der Waals surface area contributed by atoms with Crippen LogP contribution in [-0.4, -0.2) is 13.1 Å². The van der Waals surface area contributed by atoms with Crippen LogP contribution in [0.5, 0.6) is 0 Å². The van der Waals surface area contributed by atoms with Gasteiger partial charge in [0.15, 0.2) is 0 Å². The standard InChI is InChI=1S/C6H16N2.4C3H6.2Na.HO3P/c7-5-3-1-2-4-6-8;4*1-3-2;;;1-4(2)3/h1-8H2;4*3H,1H2,2H3;;;(H,1,2,3)/q;;;;;2*+1;/p-1. The van der Waals surface area contributed by atoms with Gasteiger partial charge in [0.25, 0.3) is 8.25 Å². The van der Waals surface area contributed by atoms with Crippen molar-refractivity contribution >= 4 is 8.25 Å². The maximum atomic E-state index is 8.48. The van der Waals surface area contributed by atoms with Crippen molar-refractivity contribution in [3.05, 3.63) is 50.6 Å². The molecule has 0 spiro atoms. The van der Waals surface area contributed by atoms with Gasteiger partial charge in [0.1, 0.15) is 0 Å². The number of rotatable bonds is 5. The van der Waals surface area contributed by atoms with Crippen LogP contribution >= 0.6 is 8.25 Å². The Bertz CT molecular complexity index is 212. The minimum Gasteiger partial charge on any atom is -0.598 e. The maximum Gasteiger partial charge on any atom is 1.00 e. The second-order valence-corrected chi connectivity index (χ2v) is 4.30. The molecular formula is C18H40N2Na2O3P+. The van der Waals surface area contributed by atoms with Gasteiger partial charge in [0.2, 0.25) is 0 Å². The number of allylic oxidation sites excluding steroid dienone is 4. The van der Waals surface area contributed by atoms with Gasteiger partial charge in [0, 0.05) is 0 Å². The van der Waals surface area contributed by atoms with E-state index in [9.17, 15) is 0 Å². The van der Waals surface area contributed by atoms with E-state index in [0.29, 0.717) is 0 Å². The molecule has 26 heavy (non-hydrogen) atoms. The van der Waals surface area contributed by atoms with Crippen molar-refractivity contribution in [2.24, 2.45) is 11.5 Å². The van der Waals surface area contributed by atoms with Gasteiger partial charge in [-0.2, -0.15) is 0 Å². The van der Waals surface area contributed by atoms with Crippen molar-refractivity contribution in [1.29, 1.82) is 0 Å². The molecule has 0 amide bonds. The molecule has 8 heteroatoms. The van der Waals surface area contributed by atoms with E-state index in [1.807, 2.05) is 27.7 Å². The Labute approximate surface area is 208 Å². The molecule has 0 rings (SSSR count). The second-order valence-electron chi connectivity index (χ2n) is 3.85. The van der Waals surface area contributed by atoms with E-state index in [0.717, 1.165) is 25.9 Å². The average molecular weight is 409 g/mol. The van der Waals surface area contributed by atoms with Gasteiger partial charge in [0.05, 0.1) is 0 Å². The van der Waals surface area contributed by atoms with Crippen molar-refractivity contribution in [3.63, 3.8) is 0 Å². The Morgan fingerprint density at radius 1 is 0.692 bits per heavy atom. The van der Waals surface area contributed by atoms with Crippen LogP contribution in [0.3, 0.4) is 0 Å². The molecule has 5 nitrogen and oxygen atoms in total. The predicted molar refractivity (Wildman–Crippen MR) is 108 cm³/mol. The molecule has 0 aromatic rings. The molecule has 0 bridgehead atoms. The molecule has 0 atom stereocenters. The first-order valence-corrected chi connectivity index (χ1v) is 8.90. The Morgan fingerprint density at radius 3 is 0.885 bits per heavy atom. The second kappa shape index (κ2) is 83.1. The molecular weight excluding hydrogens is 369 g/mol. The van der Waals surface area contributed by atoms with Crippen molar-refractivity contribution in [1.82, 2.24) is 0 Å². The van der Waals surface area contributed by atoms with E-state index in [1.165, 1.54) is 12.8 Å². The average Bonchev–Trinajstić information content (AvgIpc) is 2.47. The van der Waals surface area contributed by atoms with Gasteiger partial charge in [-0.05, 0) is 53.6 Å². The molecule has 0 saturated heterocycles. The third-order valence-electron chi connectivity index (χ3n) is 1.16. The summed E-state index contributed by atoms with van der Waals surface area (Å²) in [6.45, 7) is 22.6. The monoisotopic (exact) mass is 409 g/mol. The van der Waals surface area contributed by atoms with Gasteiger partial charge < -0.3 is 21.3 Å². The first-order valence-electron chi connectivity index (χ1n) is 7.81. The summed E-state index contributed by atoms with van der Waals surface area (Å²) in [5.74, 6) is 0. The predicted octanol–water partition coefficient (Wildman–Crippen LogP) is -2.39. The molecule has 0 fully saturated rings. The van der Waals surface area contributed by atoms with Crippen LogP contribution in [0.4, 0.5) is 0 Å². The first-order chi connectivity index (χ1) is 11.3. The van der Waals surface area contributed by atoms with E-state index < -0.39 is 8.25 Å². The van der Waals surface area contributed by atoms with E-state index in [-0.39, 0.29) is 59.1 Å². The summed E-state index contributed by atoms with van der Waals surface area (Å²) in [6.07, 6.45) is 11.8. The van der Waals surface area contributed by atoms with Crippen LogP contribution in [0, 0.1) is 0 Å². The molecule has 0 aliphatic carbocycles. The fourth-order valence-electron chi connectivity index (χ4n) is 0.642. The summed E-state index contributed by atoms with van der Waals surface area (Å²) < 4.78 is 8.48. The number of nitrogens with two attached hydrogens (primary N) is 2. The molecule has 0 unspecified atom stereocenters. The van der Waals surface area contributed by atoms with Crippen molar-refractivity contribution in [2.75, 3.05) is 13.1 Å². The minimum atomic E-state index is -3.37. The largest absolute Gasteiger partial charge is 1.00 e. The molecule has 0 aliphatic heterocycles. The molecule has 0 aromatic carbocycles. The van der Waals surface area contributed by atoms with Gasteiger partial charge in [-0.3, -0.25) is 0 Å². The fraction of sp³-hybridized carbons (Fsp3) is 0.556. The molecule has 0 radical (unpaired) electrons. The smallest absolute Gasteiger partial charge is 0.598 e. The molecule has 0 heterocycles. The maximum absolute atomic E-state index is 8.48. The summed E-state index contributed by atoms with van der Waals surface area (Å²) in [4.78, 5) is 17.0. The van der Waals surface area contributed by atoms with Crippen LogP contribution in [-0.2, 0) is 4.57 Å². The van der Waals surface area contributed by atoms with Crippen LogP contribution in [0.15, 0.2) is 50.6 Å². The Balaban J connectivity index is -0.0000000262. The Kier molecular flexibility index (Phi) is 161. The van der Waals surface area contributed by atoms with E-state index in [4.69, 9.17) is 25.8 Å². The molecule has 0 aromatic heterocycles. The molecule has 4 N–H and O–H groups in total. The SMILES string of the molecule is C=CC.C=CC.C=CC.C=CC.NCCCCCCN.O=[P+]([O-])[O-].[Na+].[Na+]. The quantitative estimate of drug-likeness (QED) is 0.227. The van der Waals surface area contributed by atoms with Crippen LogP contribution < -0.4 is 80.4 Å². The fourth-order valence-corrected chi connectivity index (χ4v) is 0.642. The third-order valence-corrected chi connectivity index (χ3v) is 1.16. The number of unbranched alkanes of at least 4 members (excludes halogenated alkanes) is 3. The zero-order valence-corrected chi connectivity index (χ0v) is 23.1. The van der Waals surface area contributed by atoms with Crippen molar-refractivity contribution in [3.8, 4) is 0 Å². The topological polar surface area (TPSA) is 115 Å². The molecule has 146 valence electrons. The number of hydrogen-bond acceptors (Lipinski definition) is 5. The van der Waals surface area contributed by atoms with Crippen LogP contribution in [0.2, 0.25) is 0 Å². The summed E-state index contributed by atoms with van der Waals surface area (Å²) in [5, 5.41) is 0. The van der Waals surface area contributed by atoms with Gasteiger partial charge in [-0.1, -0.05) is 41.7 Å². The van der Waals surface area contributed by atoms with Crippen molar-refractivity contribution < 1.29 is 73.5 Å². The van der Waals surface area contributed by atoms with Crippen molar-refractivity contribution in [2.45, 2.75) is 53.4 Å². The van der Waals surface area contributed by atoms with E-state index in [2.05, 4.69) is 26.3 Å². The number of hydrogen-bond donors (Lipinski definition) is 2. The van der Waals surface area contributed by atoms with E-state index >= 15 is 0 Å². The van der Waals surface area contributed by atoms with Gasteiger partial charge in [-0.25, -0.2) is 0 Å². The zero-order valence-electron chi connectivity index (χ0n) is 18.2. The Morgan fingerprint density at radius 2 is 0.808 bits per heavy atom. The first kappa shape index (κ1) is 50.5. The summed E-state index contributed by atoms with van der Waals surface area (Å²) in [5.41, 5.74) is 10.6. The summed E-state index contributed by atoms with van der Waals surface area (Å²) >= 11 is 0. The summed E-state index contributed by atoms with van der Waals surface area (Å²) in [7, 11) is -3.37. The normalized spacial score (nSPS) is 6.00. The molecule has 0 aliphatic rings. The van der Waals surface area contributed by atoms with Crippen LogP contribution in [0.25, 0.3) is 0 Å². The van der Waals surface area contributed by atoms with Gasteiger partial charge >= 0.3 is 59.1 Å². The molecule has 0 saturated carbocycles. The van der Waals surface area contributed by atoms with Gasteiger partial charge in [-0.15, -0.1) is 26.3 Å². The van der Waals surface area contributed by atoms with E-state index in [1.54, 1.807) is 24.3 Å². The Hall–Kier alpha value is 0.900. The summed E-state index contributed by atoms with van der Waals surface area (Å²) in [6, 6.07) is 0. The zero-order chi connectivity index (χ0) is 20.6. The minimum absolute atomic E-state index is 0. The van der Waals surface area contributed by atoms with Crippen LogP contribution in [0.1, 0.15) is 53.4 Å².